The predicted octanol–water partition coefficient (Wildman–Crippen LogP) is 18.2. The zero-order chi connectivity index (χ0) is 45.8. The van der Waals surface area contributed by atoms with E-state index >= 15 is 0 Å². The number of nitrogens with one attached hydrogen (secondary N) is 2. The van der Waals surface area contributed by atoms with Crippen LogP contribution >= 0.6 is 23.1 Å². The van der Waals surface area contributed by atoms with E-state index in [1.807, 2.05) is 72.9 Å². The molecule has 0 fully saturated rings. The Balaban J connectivity index is 0.991. The van der Waals surface area contributed by atoms with Crippen LogP contribution in [0.2, 0.25) is 0 Å². The van der Waals surface area contributed by atoms with Crippen LogP contribution in [-0.2, 0) is 0 Å². The van der Waals surface area contributed by atoms with Gasteiger partial charge in [-0.15, -0.1) is 11.3 Å². The number of anilines is 4. The highest BCUT2D eigenvalue weighted by atomic mass is 32.2. The molecule has 0 amide bonds. The minimum absolute atomic E-state index is 0.884. The highest BCUT2D eigenvalue weighted by molar-refractivity contribution is 8.10. The molecule has 0 saturated carbocycles. The largest absolute Gasteiger partial charge is 0.355 e. The molecule has 0 saturated heterocycles. The average molecular weight is 911 g/mol. The second-order valence-electron chi connectivity index (χ2n) is 16.6. The first-order valence-corrected chi connectivity index (χ1v) is 24.4. The molecule has 4 nitrogen and oxygen atoms in total. The third-order valence-electron chi connectivity index (χ3n) is 12.1. The summed E-state index contributed by atoms with van der Waals surface area (Å²) < 4.78 is 1.19. The summed E-state index contributed by atoms with van der Waals surface area (Å²) in [6, 6.07) is 73.1. The number of fused-ring (bicyclic) bond motifs is 4. The van der Waals surface area contributed by atoms with Crippen molar-refractivity contribution < 1.29 is 0 Å². The van der Waals surface area contributed by atoms with Crippen LogP contribution in [0.5, 0.6) is 0 Å². The number of thiophene rings is 1. The number of para-hydroxylation sites is 3. The Labute approximate surface area is 405 Å². The molecular formula is C62H46N4S2. The van der Waals surface area contributed by atoms with Gasteiger partial charge in [0.2, 0.25) is 0 Å². The van der Waals surface area contributed by atoms with Gasteiger partial charge in [-0.25, -0.2) is 4.99 Å². The molecule has 326 valence electrons. The van der Waals surface area contributed by atoms with Crippen LogP contribution in [0.15, 0.2) is 258 Å². The number of aromatic nitrogens is 1. The zero-order valence-corrected chi connectivity index (χ0v) is 39.1. The third kappa shape index (κ3) is 8.79. The summed E-state index contributed by atoms with van der Waals surface area (Å²) in [5.74, 6) is 0. The summed E-state index contributed by atoms with van der Waals surface area (Å²) >= 11 is 3.62. The van der Waals surface area contributed by atoms with Crippen molar-refractivity contribution in [3.63, 3.8) is 0 Å². The molecule has 0 spiro atoms. The van der Waals surface area contributed by atoms with E-state index in [4.69, 9.17) is 11.6 Å². The number of aromatic amines is 1. The molecule has 2 aromatic heterocycles. The fourth-order valence-corrected chi connectivity index (χ4v) is 11.3. The van der Waals surface area contributed by atoms with Gasteiger partial charge in [-0.3, -0.25) is 0 Å². The molecule has 68 heavy (non-hydrogen) atoms. The Morgan fingerprint density at radius 3 is 2.12 bits per heavy atom. The van der Waals surface area contributed by atoms with Crippen molar-refractivity contribution >= 4 is 84.0 Å². The van der Waals surface area contributed by atoms with E-state index in [0.29, 0.717) is 0 Å². The maximum atomic E-state index is 5.09. The summed E-state index contributed by atoms with van der Waals surface area (Å²) in [4.78, 5) is 13.3. The van der Waals surface area contributed by atoms with Crippen LogP contribution in [0.3, 0.4) is 0 Å². The molecule has 8 aromatic carbocycles. The van der Waals surface area contributed by atoms with Crippen LogP contribution in [0.4, 0.5) is 28.4 Å². The molecule has 1 aliphatic heterocycles. The molecule has 2 N–H and O–H groups in total. The van der Waals surface area contributed by atoms with E-state index in [1.165, 1.54) is 25.4 Å². The van der Waals surface area contributed by atoms with Crippen LogP contribution in [0.1, 0.15) is 18.1 Å². The first-order valence-electron chi connectivity index (χ1n) is 22.7. The van der Waals surface area contributed by atoms with E-state index < -0.39 is 0 Å². The molecule has 11 rings (SSSR count). The highest BCUT2D eigenvalue weighted by Crippen LogP contribution is 2.53. The van der Waals surface area contributed by atoms with Gasteiger partial charge in [0.05, 0.1) is 21.3 Å². The maximum Gasteiger partial charge on any atom is 0.0894 e. The van der Waals surface area contributed by atoms with Crippen molar-refractivity contribution in [2.75, 3.05) is 10.2 Å². The van der Waals surface area contributed by atoms with Gasteiger partial charge in [-0.1, -0.05) is 164 Å². The second kappa shape index (κ2) is 19.0. The molecular weight excluding hydrogens is 865 g/mol. The average Bonchev–Trinajstić information content (AvgIpc) is 3.94. The van der Waals surface area contributed by atoms with Gasteiger partial charge >= 0.3 is 0 Å². The molecule has 0 atom stereocenters. The Morgan fingerprint density at radius 2 is 1.31 bits per heavy atom. The molecule has 6 heteroatoms. The number of thioether (sulfide) groups is 1. The van der Waals surface area contributed by atoms with Crippen molar-refractivity contribution in [3.05, 3.63) is 260 Å². The SMILES string of the molecule is C=C1C=C(c2cccc(C(/C=C\C=C/C)=Nc3ccccc3)c2)Sc2sc(-c3ccc4[nH]c5ccccc5c4c3)cc2N1c1ccc(-c2ccc(Nc3ccccc3)c(-c3ccccc3)c2)cc1. The van der Waals surface area contributed by atoms with Gasteiger partial charge in [0, 0.05) is 65.5 Å². The van der Waals surface area contributed by atoms with E-state index in [1.54, 1.807) is 11.8 Å². The van der Waals surface area contributed by atoms with Crippen LogP contribution < -0.4 is 10.2 Å². The van der Waals surface area contributed by atoms with Gasteiger partial charge < -0.3 is 15.2 Å². The summed E-state index contributed by atoms with van der Waals surface area (Å²) in [7, 11) is 0. The molecule has 0 bridgehead atoms. The number of nitrogens with zero attached hydrogens (tertiary/aromatic N) is 2. The number of hydrogen-bond acceptors (Lipinski definition) is 5. The van der Waals surface area contributed by atoms with E-state index in [0.717, 1.165) is 89.2 Å². The zero-order valence-electron chi connectivity index (χ0n) is 37.4. The van der Waals surface area contributed by atoms with Gasteiger partial charge in [-0.05, 0) is 126 Å². The van der Waals surface area contributed by atoms with Crippen LogP contribution in [0, 0.1) is 0 Å². The number of hydrogen-bond donors (Lipinski definition) is 2. The summed E-state index contributed by atoms with van der Waals surface area (Å²) in [6.45, 7) is 6.80. The fraction of sp³-hybridized carbons (Fsp3) is 0.0161. The Hall–Kier alpha value is -8.16. The van der Waals surface area contributed by atoms with Crippen molar-refractivity contribution in [1.29, 1.82) is 0 Å². The van der Waals surface area contributed by atoms with Gasteiger partial charge in [0.15, 0.2) is 0 Å². The fourth-order valence-electron chi connectivity index (χ4n) is 8.78. The quantitative estimate of drug-likeness (QED) is 0.100. The predicted molar refractivity (Wildman–Crippen MR) is 294 cm³/mol. The van der Waals surface area contributed by atoms with Crippen molar-refractivity contribution in [1.82, 2.24) is 4.98 Å². The van der Waals surface area contributed by atoms with Crippen LogP contribution in [-0.4, -0.2) is 10.7 Å². The van der Waals surface area contributed by atoms with Crippen molar-refractivity contribution in [3.8, 4) is 32.7 Å². The Morgan fingerprint density at radius 1 is 0.603 bits per heavy atom. The summed E-state index contributed by atoms with van der Waals surface area (Å²) in [6.07, 6.45) is 10.4. The lowest BCUT2D eigenvalue weighted by Gasteiger charge is -2.24. The Bertz CT molecular complexity index is 3580. The number of allylic oxidation sites excluding steroid dienone is 5. The smallest absolute Gasteiger partial charge is 0.0894 e. The van der Waals surface area contributed by atoms with Crippen LogP contribution in [0.25, 0.3) is 59.4 Å². The lowest BCUT2D eigenvalue weighted by Crippen LogP contribution is -2.13. The molecule has 10 aromatic rings. The molecule has 0 unspecified atom stereocenters. The lowest BCUT2D eigenvalue weighted by molar-refractivity contribution is 1.21. The van der Waals surface area contributed by atoms with Gasteiger partial charge in [0.1, 0.15) is 0 Å². The highest BCUT2D eigenvalue weighted by Gasteiger charge is 2.26. The Kier molecular flexibility index (Phi) is 11.9. The summed E-state index contributed by atoms with van der Waals surface area (Å²) in [5.41, 5.74) is 17.1. The molecule has 0 radical (unpaired) electrons. The van der Waals surface area contributed by atoms with E-state index in [9.17, 15) is 0 Å². The van der Waals surface area contributed by atoms with Crippen molar-refractivity contribution in [2.24, 2.45) is 4.99 Å². The topological polar surface area (TPSA) is 43.4 Å². The number of H-pyrrole nitrogens is 1. The minimum Gasteiger partial charge on any atom is -0.355 e. The first-order chi connectivity index (χ1) is 33.5. The minimum atomic E-state index is 0.884. The molecule has 3 heterocycles. The van der Waals surface area contributed by atoms with Gasteiger partial charge in [0.25, 0.3) is 0 Å². The lowest BCUT2D eigenvalue weighted by atomic mass is 9.97. The van der Waals surface area contributed by atoms with E-state index in [2.05, 4.69) is 197 Å². The maximum absolute atomic E-state index is 5.09. The third-order valence-corrected chi connectivity index (χ3v) is 14.6. The summed E-state index contributed by atoms with van der Waals surface area (Å²) in [5, 5.41) is 6.11. The number of benzene rings is 8. The first kappa shape index (κ1) is 42.5. The van der Waals surface area contributed by atoms with E-state index in [-0.39, 0.29) is 0 Å². The molecule has 1 aliphatic rings. The van der Waals surface area contributed by atoms with Crippen molar-refractivity contribution in [2.45, 2.75) is 11.1 Å². The van der Waals surface area contributed by atoms with Gasteiger partial charge in [-0.2, -0.15) is 0 Å². The molecule has 0 aliphatic carbocycles. The monoisotopic (exact) mass is 910 g/mol. The standard InChI is InChI=1S/C62H46N4S2/c1-3-4-8-27-55(63-49-22-11-6-12-23-49)46-20-17-21-47(38-46)60-37-42(2)66(59-41-61(68-62(59)67-60)48-32-36-58-54(40-48)52-26-15-16-28-56(52)65-58)51-33-29-43(30-34-51)45-31-35-57(64-50-24-13-7-14-25-50)53(39-45)44-18-9-5-10-19-44/h3-41,64-65H,2H2,1H3/b4-3-,27-8-,63-55?. The second-order valence-corrected chi connectivity index (χ2v) is 19.0. The number of rotatable bonds is 11. The normalized spacial score (nSPS) is 13.1. The number of aliphatic imine (C=N–C) groups is 1.